The van der Waals surface area contributed by atoms with Gasteiger partial charge in [-0.3, -0.25) is 4.79 Å². The molecular formula is C20H24O3P+. The zero-order chi connectivity index (χ0) is 17.9. The summed E-state index contributed by atoms with van der Waals surface area (Å²) >= 11 is 0. The quantitative estimate of drug-likeness (QED) is 0.566. The van der Waals surface area contributed by atoms with E-state index in [-0.39, 0.29) is 17.3 Å². The van der Waals surface area contributed by atoms with Crippen LogP contribution in [0.2, 0.25) is 0 Å². The number of benzene rings is 2. The van der Waals surface area contributed by atoms with E-state index in [0.717, 1.165) is 5.56 Å². The van der Waals surface area contributed by atoms with E-state index in [4.69, 9.17) is 4.52 Å². The third-order valence-electron chi connectivity index (χ3n) is 3.64. The van der Waals surface area contributed by atoms with Crippen LogP contribution in [0.25, 0.3) is 0 Å². The van der Waals surface area contributed by atoms with Crippen molar-refractivity contribution in [3.05, 3.63) is 65.2 Å². The lowest BCUT2D eigenvalue weighted by molar-refractivity contribution is 0.103. The molecule has 3 nitrogen and oxygen atoms in total. The van der Waals surface area contributed by atoms with Crippen LogP contribution in [-0.2, 0) is 14.5 Å². The Labute approximate surface area is 144 Å². The number of ketones is 1. The minimum Gasteiger partial charge on any atom is -0.289 e. The lowest BCUT2D eigenvalue weighted by Gasteiger charge is -2.19. The van der Waals surface area contributed by atoms with E-state index in [1.54, 1.807) is 24.3 Å². The Kier molecular flexibility index (Phi) is 5.69. The van der Waals surface area contributed by atoms with E-state index < -0.39 is 8.03 Å². The Bertz CT molecular complexity index is 740. The molecule has 0 spiro atoms. The van der Waals surface area contributed by atoms with E-state index in [1.165, 1.54) is 0 Å². The number of carbonyl (C=O) groups excluding carboxylic acids is 1. The second-order valence-corrected chi connectivity index (χ2v) is 8.36. The van der Waals surface area contributed by atoms with Crippen LogP contribution < -0.4 is 5.30 Å². The summed E-state index contributed by atoms with van der Waals surface area (Å²) in [6, 6.07) is 14.5. The molecule has 0 aliphatic rings. The fourth-order valence-electron chi connectivity index (χ4n) is 2.28. The molecule has 4 heteroatoms. The minimum atomic E-state index is -1.88. The Balaban J connectivity index is 2.23. The summed E-state index contributed by atoms with van der Waals surface area (Å²) in [5, 5.41) is 0.596. The first kappa shape index (κ1) is 18.5. The molecule has 1 atom stereocenters. The highest BCUT2D eigenvalue weighted by atomic mass is 31.1. The molecule has 2 aromatic carbocycles. The molecule has 2 aromatic rings. The molecule has 0 saturated carbocycles. The Hall–Kier alpha value is -1.83. The first-order chi connectivity index (χ1) is 11.2. The van der Waals surface area contributed by atoms with Gasteiger partial charge in [0.1, 0.15) is 6.10 Å². The summed E-state index contributed by atoms with van der Waals surface area (Å²) in [4.78, 5) is 12.7. The topological polar surface area (TPSA) is 43.4 Å². The zero-order valence-corrected chi connectivity index (χ0v) is 15.8. The van der Waals surface area contributed by atoms with Crippen LogP contribution in [-0.4, -0.2) is 11.9 Å². The molecule has 0 radical (unpaired) electrons. The van der Waals surface area contributed by atoms with E-state index in [9.17, 15) is 9.36 Å². The maximum Gasteiger partial charge on any atom is 0.548 e. The van der Waals surface area contributed by atoms with Gasteiger partial charge >= 0.3 is 8.03 Å². The Morgan fingerprint density at radius 1 is 1.00 bits per heavy atom. The van der Waals surface area contributed by atoms with Crippen LogP contribution in [0, 0.1) is 0 Å². The standard InChI is InChI=1S/C20H24O3P/c1-14(2)23-24(22)18-11-9-15(10-12-18)19(21)16-7-6-8-17(13-16)20(3,4)5/h6-14H,1-5H3/q+1. The third-order valence-corrected chi connectivity index (χ3v) is 4.97. The van der Waals surface area contributed by atoms with Crippen molar-refractivity contribution in [2.24, 2.45) is 0 Å². The largest absolute Gasteiger partial charge is 0.548 e. The van der Waals surface area contributed by atoms with Gasteiger partial charge in [0, 0.05) is 11.1 Å². The van der Waals surface area contributed by atoms with Gasteiger partial charge in [-0.1, -0.05) is 39.0 Å². The summed E-state index contributed by atoms with van der Waals surface area (Å²) in [6.07, 6.45) is -0.102. The normalized spacial score (nSPS) is 12.3. The number of hydrogen-bond acceptors (Lipinski definition) is 3. The molecule has 126 valence electrons. The average molecular weight is 343 g/mol. The first-order valence-electron chi connectivity index (χ1n) is 8.08. The van der Waals surface area contributed by atoms with Crippen molar-refractivity contribution in [2.75, 3.05) is 0 Å². The molecule has 0 saturated heterocycles. The van der Waals surface area contributed by atoms with Crippen molar-refractivity contribution in [1.29, 1.82) is 0 Å². The zero-order valence-electron chi connectivity index (χ0n) is 14.9. The van der Waals surface area contributed by atoms with Gasteiger partial charge in [0.2, 0.25) is 5.30 Å². The van der Waals surface area contributed by atoms with Gasteiger partial charge in [-0.2, -0.15) is 0 Å². The summed E-state index contributed by atoms with van der Waals surface area (Å²) in [5.74, 6) is -0.0346. The molecule has 0 N–H and O–H groups in total. The number of rotatable bonds is 5. The lowest BCUT2D eigenvalue weighted by atomic mass is 9.85. The summed E-state index contributed by atoms with van der Waals surface area (Å²) in [7, 11) is -1.88. The maximum atomic E-state index is 12.7. The monoisotopic (exact) mass is 343 g/mol. The minimum absolute atomic E-state index is 0.00722. The van der Waals surface area contributed by atoms with E-state index in [2.05, 4.69) is 20.8 Å². The summed E-state index contributed by atoms with van der Waals surface area (Å²) < 4.78 is 17.3. The Morgan fingerprint density at radius 3 is 2.17 bits per heavy atom. The van der Waals surface area contributed by atoms with Crippen LogP contribution in [0.15, 0.2) is 48.5 Å². The molecule has 0 aliphatic carbocycles. The fourth-order valence-corrected chi connectivity index (χ4v) is 3.18. The third kappa shape index (κ3) is 4.59. The van der Waals surface area contributed by atoms with Crippen molar-refractivity contribution >= 4 is 19.1 Å². The van der Waals surface area contributed by atoms with Crippen molar-refractivity contribution in [3.63, 3.8) is 0 Å². The summed E-state index contributed by atoms with van der Waals surface area (Å²) in [5.41, 5.74) is 2.36. The highest BCUT2D eigenvalue weighted by Crippen LogP contribution is 2.25. The van der Waals surface area contributed by atoms with Crippen LogP contribution in [0.5, 0.6) is 0 Å². The molecule has 2 rings (SSSR count). The van der Waals surface area contributed by atoms with Gasteiger partial charge < -0.3 is 0 Å². The molecule has 24 heavy (non-hydrogen) atoms. The van der Waals surface area contributed by atoms with Gasteiger partial charge in [0.25, 0.3) is 0 Å². The first-order valence-corrected chi connectivity index (χ1v) is 9.25. The fraction of sp³-hybridized carbons (Fsp3) is 0.350. The van der Waals surface area contributed by atoms with Gasteiger partial charge in [0.15, 0.2) is 5.78 Å². The van der Waals surface area contributed by atoms with Crippen LogP contribution in [0.1, 0.15) is 56.1 Å². The molecule has 0 amide bonds. The molecule has 0 heterocycles. The molecule has 0 aliphatic heterocycles. The van der Waals surface area contributed by atoms with E-state index in [0.29, 0.717) is 16.4 Å². The van der Waals surface area contributed by atoms with Gasteiger partial charge in [0.05, 0.1) is 0 Å². The molecule has 0 bridgehead atoms. The van der Waals surface area contributed by atoms with Crippen molar-refractivity contribution in [1.82, 2.24) is 0 Å². The number of hydrogen-bond donors (Lipinski definition) is 0. The van der Waals surface area contributed by atoms with Crippen molar-refractivity contribution in [3.8, 4) is 0 Å². The van der Waals surface area contributed by atoms with Crippen LogP contribution in [0.4, 0.5) is 0 Å². The Morgan fingerprint density at radius 2 is 1.62 bits per heavy atom. The van der Waals surface area contributed by atoms with E-state index >= 15 is 0 Å². The smallest absolute Gasteiger partial charge is 0.289 e. The van der Waals surface area contributed by atoms with Gasteiger partial charge in [-0.05, 0) is 59.7 Å². The highest BCUT2D eigenvalue weighted by Gasteiger charge is 2.24. The molecule has 0 aromatic heterocycles. The SMILES string of the molecule is CC(C)O[P+](=O)c1ccc(C(=O)c2cccc(C(C)(C)C)c2)cc1. The summed E-state index contributed by atoms with van der Waals surface area (Å²) in [6.45, 7) is 10.0. The van der Waals surface area contributed by atoms with Gasteiger partial charge in [-0.15, -0.1) is 4.52 Å². The van der Waals surface area contributed by atoms with Crippen molar-refractivity contribution in [2.45, 2.75) is 46.1 Å². The molecule has 0 fully saturated rings. The van der Waals surface area contributed by atoms with Crippen molar-refractivity contribution < 1.29 is 13.9 Å². The molecule has 1 unspecified atom stereocenters. The van der Waals surface area contributed by atoms with Crippen LogP contribution in [0.3, 0.4) is 0 Å². The highest BCUT2D eigenvalue weighted by molar-refractivity contribution is 7.48. The van der Waals surface area contributed by atoms with E-state index in [1.807, 2.05) is 38.1 Å². The second kappa shape index (κ2) is 7.38. The lowest BCUT2D eigenvalue weighted by Crippen LogP contribution is -2.12. The predicted octanol–water partition coefficient (Wildman–Crippen LogP) is 5.01. The number of carbonyl (C=O) groups is 1. The maximum absolute atomic E-state index is 12.7. The molecular weight excluding hydrogens is 319 g/mol. The second-order valence-electron chi connectivity index (χ2n) is 7.12. The van der Waals surface area contributed by atoms with Crippen LogP contribution >= 0.6 is 8.03 Å². The predicted molar refractivity (Wildman–Crippen MR) is 98.5 cm³/mol. The average Bonchev–Trinajstić information content (AvgIpc) is 2.53. The van der Waals surface area contributed by atoms with Gasteiger partial charge in [-0.25, -0.2) is 0 Å².